The predicted octanol–water partition coefficient (Wildman–Crippen LogP) is 5.30. The monoisotopic (exact) mass is 364 g/mol. The molecule has 26 heavy (non-hydrogen) atoms. The average molecular weight is 364 g/mol. The van der Waals surface area contributed by atoms with Crippen molar-refractivity contribution in [2.75, 3.05) is 7.05 Å². The first-order chi connectivity index (χ1) is 12.3. The van der Waals surface area contributed by atoms with Gasteiger partial charge in [-0.3, -0.25) is 4.99 Å². The van der Waals surface area contributed by atoms with Gasteiger partial charge in [-0.2, -0.15) is 0 Å². The minimum Gasteiger partial charge on any atom is -0.402 e. The average Bonchev–Trinajstić information content (AvgIpc) is 2.59. The van der Waals surface area contributed by atoms with Crippen LogP contribution in [-0.2, 0) is 6.42 Å². The van der Waals surface area contributed by atoms with Crippen LogP contribution in [0.15, 0.2) is 35.0 Å². The fourth-order valence-corrected chi connectivity index (χ4v) is 3.64. The van der Waals surface area contributed by atoms with Gasteiger partial charge in [-0.15, -0.1) is 0 Å². The summed E-state index contributed by atoms with van der Waals surface area (Å²) in [4.78, 5) is 3.83. The van der Waals surface area contributed by atoms with E-state index in [0.29, 0.717) is 24.1 Å². The van der Waals surface area contributed by atoms with Crippen LogP contribution in [-0.4, -0.2) is 19.2 Å². The van der Waals surface area contributed by atoms with Crippen LogP contribution in [0.1, 0.15) is 42.9 Å². The normalized spacial score (nSPS) is 23.8. The zero-order valence-electron chi connectivity index (χ0n) is 15.6. The minimum absolute atomic E-state index is 0.00228. The Hall–Kier alpha value is -2.04. The van der Waals surface area contributed by atoms with Crippen LogP contribution in [0.4, 0.5) is 13.2 Å². The number of nitrogens with two attached hydrogens (primary N) is 1. The first-order valence-electron chi connectivity index (χ1n) is 8.94. The Labute approximate surface area is 153 Å². The topological polar surface area (TPSA) is 38.4 Å². The molecule has 2 unspecified atom stereocenters. The molecule has 0 saturated heterocycles. The van der Waals surface area contributed by atoms with Gasteiger partial charge in [-0.25, -0.2) is 13.2 Å². The van der Waals surface area contributed by atoms with Crippen molar-refractivity contribution >= 4 is 12.3 Å². The minimum atomic E-state index is -2.68. The number of alkyl halides is 2. The zero-order valence-corrected chi connectivity index (χ0v) is 15.6. The van der Waals surface area contributed by atoms with Gasteiger partial charge in [-0.1, -0.05) is 12.2 Å². The van der Waals surface area contributed by atoms with E-state index in [1.54, 1.807) is 44.5 Å². The Morgan fingerprint density at radius 2 is 2.12 bits per heavy atom. The predicted molar refractivity (Wildman–Crippen MR) is 102 cm³/mol. The van der Waals surface area contributed by atoms with Gasteiger partial charge in [0.2, 0.25) is 5.92 Å². The second kappa shape index (κ2) is 8.56. The fraction of sp³-hybridized carbons (Fsp3) is 0.476. The largest absolute Gasteiger partial charge is 0.402 e. The number of allylic oxidation sites excluding steroid dienone is 3. The third kappa shape index (κ3) is 4.99. The van der Waals surface area contributed by atoms with E-state index in [0.717, 1.165) is 11.1 Å². The maximum absolute atomic E-state index is 14.4. The third-order valence-electron chi connectivity index (χ3n) is 5.18. The number of benzene rings is 1. The fourth-order valence-electron chi connectivity index (χ4n) is 3.64. The Morgan fingerprint density at radius 3 is 2.77 bits per heavy atom. The standard InChI is InChI=1S/C21H27F3N2/c1-4-20(25)18-13-21(23,24)8-7-15(18)11-17-12-19(22)16(10-14(17)2)6-5-9-26-3/h4-6,9-10,12,15,18H,7-8,11,13,25H2,1-3H3/b6-5+,20-4-,26-9?. The molecule has 1 aromatic carbocycles. The van der Waals surface area contributed by atoms with Gasteiger partial charge in [0.25, 0.3) is 0 Å². The maximum Gasteiger partial charge on any atom is 0.248 e. The molecule has 1 fully saturated rings. The molecule has 0 bridgehead atoms. The van der Waals surface area contributed by atoms with Gasteiger partial charge in [0.15, 0.2) is 0 Å². The Morgan fingerprint density at radius 1 is 1.38 bits per heavy atom. The molecular formula is C21H27F3N2. The van der Waals surface area contributed by atoms with Gasteiger partial charge >= 0.3 is 0 Å². The number of halogens is 3. The summed E-state index contributed by atoms with van der Waals surface area (Å²) < 4.78 is 42.1. The molecule has 5 heteroatoms. The quantitative estimate of drug-likeness (QED) is 0.707. The molecular weight excluding hydrogens is 337 g/mol. The molecule has 2 atom stereocenters. The molecule has 1 aliphatic carbocycles. The summed E-state index contributed by atoms with van der Waals surface area (Å²) >= 11 is 0. The van der Waals surface area contributed by atoms with Crippen molar-refractivity contribution in [3.63, 3.8) is 0 Å². The molecule has 0 amide bonds. The van der Waals surface area contributed by atoms with Gasteiger partial charge in [-0.05, 0) is 61.9 Å². The van der Waals surface area contributed by atoms with Gasteiger partial charge < -0.3 is 5.73 Å². The molecule has 2 nitrogen and oxygen atoms in total. The van der Waals surface area contributed by atoms with Crippen molar-refractivity contribution in [2.24, 2.45) is 22.6 Å². The summed E-state index contributed by atoms with van der Waals surface area (Å²) in [7, 11) is 1.65. The van der Waals surface area contributed by atoms with E-state index in [2.05, 4.69) is 4.99 Å². The smallest absolute Gasteiger partial charge is 0.248 e. The highest BCUT2D eigenvalue weighted by Crippen LogP contribution is 2.43. The Bertz CT molecular complexity index is 720. The molecule has 1 saturated carbocycles. The molecule has 0 spiro atoms. The summed E-state index contributed by atoms with van der Waals surface area (Å²) in [6.45, 7) is 3.69. The van der Waals surface area contributed by atoms with Crippen molar-refractivity contribution in [1.29, 1.82) is 0 Å². The summed E-state index contributed by atoms with van der Waals surface area (Å²) in [5.74, 6) is -3.36. The first-order valence-corrected chi connectivity index (χ1v) is 8.94. The summed E-state index contributed by atoms with van der Waals surface area (Å²) in [5.41, 5.74) is 8.81. The maximum atomic E-state index is 14.4. The molecule has 0 radical (unpaired) electrons. The summed E-state index contributed by atoms with van der Waals surface area (Å²) in [6, 6.07) is 3.31. The lowest BCUT2D eigenvalue weighted by molar-refractivity contribution is -0.0627. The second-order valence-corrected chi connectivity index (χ2v) is 7.02. The lowest BCUT2D eigenvalue weighted by Crippen LogP contribution is -2.36. The first kappa shape index (κ1) is 20.3. The van der Waals surface area contributed by atoms with E-state index in [9.17, 15) is 13.2 Å². The van der Waals surface area contributed by atoms with E-state index in [4.69, 9.17) is 5.73 Å². The molecule has 2 rings (SSSR count). The molecule has 142 valence electrons. The Kier molecular flexibility index (Phi) is 6.68. The number of aryl methyl sites for hydroxylation is 1. The molecule has 1 aliphatic rings. The van der Waals surface area contributed by atoms with E-state index >= 15 is 0 Å². The van der Waals surface area contributed by atoms with E-state index < -0.39 is 5.92 Å². The highest BCUT2D eigenvalue weighted by molar-refractivity contribution is 5.78. The third-order valence-corrected chi connectivity index (χ3v) is 5.18. The van der Waals surface area contributed by atoms with Gasteiger partial charge in [0, 0.05) is 43.3 Å². The molecule has 0 aromatic heterocycles. The number of nitrogens with zero attached hydrogens (tertiary/aromatic N) is 1. The van der Waals surface area contributed by atoms with E-state index in [1.807, 2.05) is 6.92 Å². The number of hydrogen-bond acceptors (Lipinski definition) is 2. The molecule has 2 N–H and O–H groups in total. The molecule has 0 aliphatic heterocycles. The highest BCUT2D eigenvalue weighted by atomic mass is 19.3. The van der Waals surface area contributed by atoms with Crippen LogP contribution in [0.5, 0.6) is 0 Å². The number of rotatable bonds is 5. The van der Waals surface area contributed by atoms with Crippen molar-refractivity contribution in [3.05, 3.63) is 52.5 Å². The number of aliphatic imine (C=N–C) groups is 1. The summed E-state index contributed by atoms with van der Waals surface area (Å²) in [6.07, 6.45) is 7.23. The Balaban J connectivity index is 2.25. The van der Waals surface area contributed by atoms with Crippen LogP contribution in [0, 0.1) is 24.6 Å². The highest BCUT2D eigenvalue weighted by Gasteiger charge is 2.42. The molecule has 1 aromatic rings. The van der Waals surface area contributed by atoms with Crippen molar-refractivity contribution in [3.8, 4) is 0 Å². The second-order valence-electron chi connectivity index (χ2n) is 7.02. The lowest BCUT2D eigenvalue weighted by Gasteiger charge is -2.36. The van der Waals surface area contributed by atoms with E-state index in [1.165, 1.54) is 6.07 Å². The molecule has 0 heterocycles. The summed E-state index contributed by atoms with van der Waals surface area (Å²) in [5, 5.41) is 0. The van der Waals surface area contributed by atoms with Gasteiger partial charge in [0.1, 0.15) is 5.82 Å². The van der Waals surface area contributed by atoms with Crippen molar-refractivity contribution in [2.45, 2.75) is 45.5 Å². The van der Waals surface area contributed by atoms with Crippen LogP contribution in [0.2, 0.25) is 0 Å². The van der Waals surface area contributed by atoms with Crippen LogP contribution in [0.3, 0.4) is 0 Å². The zero-order chi connectivity index (χ0) is 19.3. The van der Waals surface area contributed by atoms with Crippen LogP contribution in [0.25, 0.3) is 6.08 Å². The van der Waals surface area contributed by atoms with Gasteiger partial charge in [0.05, 0.1) is 0 Å². The van der Waals surface area contributed by atoms with E-state index in [-0.39, 0.29) is 30.5 Å². The van der Waals surface area contributed by atoms with Crippen molar-refractivity contribution in [1.82, 2.24) is 0 Å². The lowest BCUT2D eigenvalue weighted by atomic mass is 9.72. The van der Waals surface area contributed by atoms with Crippen LogP contribution < -0.4 is 5.73 Å². The number of hydrogen-bond donors (Lipinski definition) is 1. The van der Waals surface area contributed by atoms with Crippen LogP contribution >= 0.6 is 0 Å². The van der Waals surface area contributed by atoms with Crippen molar-refractivity contribution < 1.29 is 13.2 Å². The SMILES string of the molecule is C/C=C(\N)C1CC(F)(F)CCC1Cc1cc(F)c(/C=C/C=NC)cc1C.